The Kier molecular flexibility index (Phi) is 5.90. The van der Waals surface area contributed by atoms with Gasteiger partial charge in [-0.25, -0.2) is 8.42 Å². The van der Waals surface area contributed by atoms with Crippen molar-refractivity contribution >= 4 is 26.7 Å². The van der Waals surface area contributed by atoms with Crippen LogP contribution in [0.1, 0.15) is 12.8 Å². The molecule has 3 rings (SSSR count). The second kappa shape index (κ2) is 8.16. The molecule has 6 nitrogen and oxygen atoms in total. The van der Waals surface area contributed by atoms with E-state index in [-0.39, 0.29) is 23.3 Å². The van der Waals surface area contributed by atoms with Gasteiger partial charge >= 0.3 is 0 Å². The number of nitrogens with zero attached hydrogens (tertiary/aromatic N) is 1. The van der Waals surface area contributed by atoms with Crippen LogP contribution in [0.5, 0.6) is 0 Å². The fraction of sp³-hybridized carbons (Fsp3) is 0.421. The summed E-state index contributed by atoms with van der Waals surface area (Å²) in [4.78, 5) is 12.5. The van der Waals surface area contributed by atoms with E-state index in [1.165, 1.54) is 4.31 Å². The van der Waals surface area contributed by atoms with E-state index in [2.05, 4.69) is 5.32 Å². The number of amides is 1. The molecule has 140 valence electrons. The molecule has 1 saturated heterocycles. The maximum Gasteiger partial charge on any atom is 0.243 e. The molecule has 2 aromatic carbocycles. The minimum atomic E-state index is -3.62. The van der Waals surface area contributed by atoms with Crippen molar-refractivity contribution in [3.63, 3.8) is 0 Å². The predicted molar refractivity (Wildman–Crippen MR) is 100 cm³/mol. The summed E-state index contributed by atoms with van der Waals surface area (Å²) in [5.41, 5.74) is 0. The summed E-state index contributed by atoms with van der Waals surface area (Å²) < 4.78 is 32.4. The average Bonchev–Trinajstić information content (AvgIpc) is 2.67. The van der Waals surface area contributed by atoms with Gasteiger partial charge in [-0.3, -0.25) is 4.79 Å². The van der Waals surface area contributed by atoms with E-state index in [1.807, 2.05) is 30.3 Å². The molecule has 1 aliphatic rings. The maximum atomic E-state index is 13.0. The largest absolute Gasteiger partial charge is 0.383 e. The predicted octanol–water partition coefficient (Wildman–Crippen LogP) is 2.00. The number of piperidine rings is 1. The van der Waals surface area contributed by atoms with Gasteiger partial charge in [0, 0.05) is 26.7 Å². The number of hydrogen-bond acceptors (Lipinski definition) is 4. The number of carbonyl (C=O) groups excluding carboxylic acids is 1. The molecule has 26 heavy (non-hydrogen) atoms. The number of nitrogens with one attached hydrogen (secondary N) is 1. The number of ether oxygens (including phenoxy) is 1. The molecule has 0 bridgehead atoms. The Balaban J connectivity index is 1.76. The molecule has 7 heteroatoms. The highest BCUT2D eigenvalue weighted by Gasteiger charge is 2.33. The standard InChI is InChI=1S/C19H24N2O4S/c1-25-12-10-20-19(22)17-7-4-11-21(14-17)26(23,24)18-9-8-15-5-2-3-6-16(15)13-18/h2-3,5-6,8-9,13,17H,4,7,10-12,14H2,1H3,(H,20,22). The topological polar surface area (TPSA) is 75.7 Å². The lowest BCUT2D eigenvalue weighted by atomic mass is 9.99. The van der Waals surface area contributed by atoms with Gasteiger partial charge in [0.05, 0.1) is 17.4 Å². The zero-order chi connectivity index (χ0) is 18.6. The summed E-state index contributed by atoms with van der Waals surface area (Å²) in [5, 5.41) is 4.69. The number of sulfonamides is 1. The molecule has 0 saturated carbocycles. The SMILES string of the molecule is COCCNC(=O)C1CCCN(S(=O)(=O)c2ccc3ccccc3c2)C1. The normalized spacial score (nSPS) is 18.7. The Hall–Kier alpha value is -1.96. The van der Waals surface area contributed by atoms with E-state index in [1.54, 1.807) is 19.2 Å². The smallest absolute Gasteiger partial charge is 0.243 e. The molecular formula is C19H24N2O4S. The highest BCUT2D eigenvalue weighted by Crippen LogP contribution is 2.26. The number of benzene rings is 2. The third kappa shape index (κ3) is 4.06. The van der Waals surface area contributed by atoms with Gasteiger partial charge in [-0.2, -0.15) is 4.31 Å². The van der Waals surface area contributed by atoms with Crippen molar-refractivity contribution in [2.24, 2.45) is 5.92 Å². The lowest BCUT2D eigenvalue weighted by Gasteiger charge is -2.31. The molecule has 1 atom stereocenters. The number of carbonyl (C=O) groups is 1. The first kappa shape index (κ1) is 18.8. The highest BCUT2D eigenvalue weighted by molar-refractivity contribution is 7.89. The van der Waals surface area contributed by atoms with Crippen molar-refractivity contribution in [2.45, 2.75) is 17.7 Å². The van der Waals surface area contributed by atoms with Crippen LogP contribution in [-0.4, -0.2) is 52.0 Å². The Bertz CT molecular complexity index is 882. The third-order valence-electron chi connectivity index (χ3n) is 4.72. The van der Waals surface area contributed by atoms with Crippen molar-refractivity contribution in [1.29, 1.82) is 0 Å². The van der Waals surface area contributed by atoms with Crippen LogP contribution in [0.3, 0.4) is 0 Å². The minimum Gasteiger partial charge on any atom is -0.383 e. The van der Waals surface area contributed by atoms with Crippen molar-refractivity contribution in [2.75, 3.05) is 33.4 Å². The van der Waals surface area contributed by atoms with Crippen LogP contribution < -0.4 is 5.32 Å². The summed E-state index contributed by atoms with van der Waals surface area (Å²) in [7, 11) is -2.04. The summed E-state index contributed by atoms with van der Waals surface area (Å²) >= 11 is 0. The molecular weight excluding hydrogens is 352 g/mol. The van der Waals surface area contributed by atoms with E-state index in [9.17, 15) is 13.2 Å². The third-order valence-corrected chi connectivity index (χ3v) is 6.58. The Morgan fingerprint density at radius 3 is 2.77 bits per heavy atom. The molecule has 0 aliphatic carbocycles. The van der Waals surface area contributed by atoms with Crippen LogP contribution in [0.15, 0.2) is 47.4 Å². The Morgan fingerprint density at radius 1 is 1.23 bits per heavy atom. The molecule has 1 aliphatic heterocycles. The van der Waals surface area contributed by atoms with Gasteiger partial charge in [0.1, 0.15) is 0 Å². The van der Waals surface area contributed by atoms with Crippen LogP contribution in [0.2, 0.25) is 0 Å². The first-order valence-electron chi connectivity index (χ1n) is 8.78. The van der Waals surface area contributed by atoms with Crippen LogP contribution in [0.4, 0.5) is 0 Å². The fourth-order valence-corrected chi connectivity index (χ4v) is 4.83. The number of methoxy groups -OCH3 is 1. The van der Waals surface area contributed by atoms with E-state index in [0.29, 0.717) is 32.5 Å². The van der Waals surface area contributed by atoms with Gasteiger partial charge < -0.3 is 10.1 Å². The van der Waals surface area contributed by atoms with Crippen LogP contribution in [-0.2, 0) is 19.6 Å². The van der Waals surface area contributed by atoms with Crippen molar-refractivity contribution < 1.29 is 17.9 Å². The molecule has 0 spiro atoms. The van der Waals surface area contributed by atoms with Gasteiger partial charge in [-0.15, -0.1) is 0 Å². The quantitative estimate of drug-likeness (QED) is 0.783. The fourth-order valence-electron chi connectivity index (χ4n) is 3.27. The van der Waals surface area contributed by atoms with E-state index in [4.69, 9.17) is 4.74 Å². The second-order valence-electron chi connectivity index (χ2n) is 6.49. The molecule has 1 N–H and O–H groups in total. The number of fused-ring (bicyclic) bond motifs is 1. The number of rotatable bonds is 6. The summed E-state index contributed by atoms with van der Waals surface area (Å²) in [6.45, 7) is 1.53. The van der Waals surface area contributed by atoms with Gasteiger partial charge in [-0.1, -0.05) is 30.3 Å². The van der Waals surface area contributed by atoms with Gasteiger partial charge in [0.2, 0.25) is 15.9 Å². The summed E-state index contributed by atoms with van der Waals surface area (Å²) in [6.07, 6.45) is 1.37. The first-order valence-corrected chi connectivity index (χ1v) is 10.2. The Morgan fingerprint density at radius 2 is 2.00 bits per heavy atom. The lowest BCUT2D eigenvalue weighted by Crippen LogP contribution is -2.45. The summed E-state index contributed by atoms with van der Waals surface area (Å²) in [5.74, 6) is -0.434. The van der Waals surface area contributed by atoms with Crippen molar-refractivity contribution in [3.05, 3.63) is 42.5 Å². The lowest BCUT2D eigenvalue weighted by molar-refractivity contribution is -0.126. The molecule has 1 fully saturated rings. The monoisotopic (exact) mass is 376 g/mol. The van der Waals surface area contributed by atoms with E-state index < -0.39 is 10.0 Å². The molecule has 1 unspecified atom stereocenters. The molecule has 0 radical (unpaired) electrons. The second-order valence-corrected chi connectivity index (χ2v) is 8.43. The highest BCUT2D eigenvalue weighted by atomic mass is 32.2. The van der Waals surface area contributed by atoms with Crippen molar-refractivity contribution in [1.82, 2.24) is 9.62 Å². The van der Waals surface area contributed by atoms with Crippen molar-refractivity contribution in [3.8, 4) is 0 Å². The average molecular weight is 376 g/mol. The van der Waals surface area contributed by atoms with Gasteiger partial charge in [0.15, 0.2) is 0 Å². The molecule has 2 aromatic rings. The molecule has 0 aromatic heterocycles. The Labute approximate surface area is 154 Å². The van der Waals surface area contributed by atoms with Gasteiger partial charge in [-0.05, 0) is 35.7 Å². The zero-order valence-electron chi connectivity index (χ0n) is 14.8. The van der Waals surface area contributed by atoms with Crippen LogP contribution in [0.25, 0.3) is 10.8 Å². The molecule has 1 heterocycles. The summed E-state index contributed by atoms with van der Waals surface area (Å²) in [6, 6.07) is 12.8. The van der Waals surface area contributed by atoms with Crippen LogP contribution >= 0.6 is 0 Å². The maximum absolute atomic E-state index is 13.0. The van der Waals surface area contributed by atoms with Crippen LogP contribution in [0, 0.1) is 5.92 Å². The van der Waals surface area contributed by atoms with Gasteiger partial charge in [0.25, 0.3) is 0 Å². The molecule has 1 amide bonds. The minimum absolute atomic E-state index is 0.111. The zero-order valence-corrected chi connectivity index (χ0v) is 15.7. The van der Waals surface area contributed by atoms with E-state index >= 15 is 0 Å². The first-order chi connectivity index (χ1) is 12.5. The van der Waals surface area contributed by atoms with E-state index in [0.717, 1.165) is 10.8 Å². The number of hydrogen-bond donors (Lipinski definition) is 1.